The summed E-state index contributed by atoms with van der Waals surface area (Å²) in [4.78, 5) is 19.1. The number of carbonyl (C=O) groups is 1. The zero-order valence-electron chi connectivity index (χ0n) is 14.7. The summed E-state index contributed by atoms with van der Waals surface area (Å²) in [5.74, 6) is -0.116. The minimum absolute atomic E-state index is 0.116. The summed E-state index contributed by atoms with van der Waals surface area (Å²) in [6.07, 6.45) is 1.55. The Morgan fingerprint density at radius 2 is 1.85 bits per heavy atom. The number of nitrogens with zero attached hydrogens (tertiary/aromatic N) is 4. The highest BCUT2D eigenvalue weighted by Gasteiger charge is 2.24. The second-order valence-corrected chi connectivity index (χ2v) is 6.80. The normalized spacial score (nSPS) is 14.8. The molecule has 0 spiro atoms. The minimum Gasteiger partial charge on any atom is -0.378 e. The van der Waals surface area contributed by atoms with Crippen molar-refractivity contribution in [3.63, 3.8) is 0 Å². The van der Waals surface area contributed by atoms with E-state index < -0.39 is 0 Å². The van der Waals surface area contributed by atoms with Crippen molar-refractivity contribution in [2.24, 2.45) is 0 Å². The number of rotatable bonds is 2. The molecule has 6 nitrogen and oxygen atoms in total. The number of carbonyl (C=O) groups excluding carboxylic acids is 1. The van der Waals surface area contributed by atoms with Crippen molar-refractivity contribution in [2.45, 2.75) is 13.8 Å². The predicted octanol–water partition coefficient (Wildman–Crippen LogP) is 3.16. The van der Waals surface area contributed by atoms with Crippen LogP contribution in [0.15, 0.2) is 30.5 Å². The number of amides is 1. The summed E-state index contributed by atoms with van der Waals surface area (Å²) in [6, 6.07) is 8.03. The molecule has 2 aromatic heterocycles. The zero-order chi connectivity index (χ0) is 18.3. The molecule has 3 heterocycles. The first-order chi connectivity index (χ1) is 12.6. The fourth-order valence-corrected chi connectivity index (χ4v) is 3.51. The van der Waals surface area contributed by atoms with E-state index in [4.69, 9.17) is 16.3 Å². The van der Waals surface area contributed by atoms with Gasteiger partial charge in [0.1, 0.15) is 0 Å². The van der Waals surface area contributed by atoms with Gasteiger partial charge in [0.05, 0.1) is 40.6 Å². The molecule has 134 valence electrons. The van der Waals surface area contributed by atoms with Crippen LogP contribution < -0.4 is 0 Å². The molecule has 0 atom stereocenters. The van der Waals surface area contributed by atoms with Gasteiger partial charge in [0.15, 0.2) is 5.65 Å². The van der Waals surface area contributed by atoms with Crippen LogP contribution in [0.4, 0.5) is 0 Å². The summed E-state index contributed by atoms with van der Waals surface area (Å²) in [6.45, 7) is 6.13. The smallest absolute Gasteiger partial charge is 0.257 e. The molecule has 1 saturated heterocycles. The summed E-state index contributed by atoms with van der Waals surface area (Å²) in [5, 5.41) is 5.71. The fourth-order valence-electron chi connectivity index (χ4n) is 3.16. The maximum Gasteiger partial charge on any atom is 0.257 e. The molecule has 0 saturated carbocycles. The monoisotopic (exact) mass is 370 g/mol. The Kier molecular flexibility index (Phi) is 4.38. The largest absolute Gasteiger partial charge is 0.378 e. The van der Waals surface area contributed by atoms with E-state index in [1.165, 1.54) is 5.56 Å². The number of hydrogen-bond acceptors (Lipinski definition) is 4. The Hall–Kier alpha value is -2.44. The summed E-state index contributed by atoms with van der Waals surface area (Å²) in [7, 11) is 0. The summed E-state index contributed by atoms with van der Waals surface area (Å²) in [5.41, 5.74) is 3.88. The molecule has 4 rings (SSSR count). The molecular weight excluding hydrogens is 352 g/mol. The van der Waals surface area contributed by atoms with Crippen molar-refractivity contribution in [2.75, 3.05) is 26.3 Å². The Morgan fingerprint density at radius 3 is 2.54 bits per heavy atom. The van der Waals surface area contributed by atoms with Crippen LogP contribution in [0.3, 0.4) is 0 Å². The SMILES string of the molecule is Cc1ccc(-n2nc(C)c3c(Cl)c(C(=O)N4CCOCC4)cnc32)cc1. The number of benzene rings is 1. The van der Waals surface area contributed by atoms with E-state index in [0.717, 1.165) is 11.4 Å². The topological polar surface area (TPSA) is 60.2 Å². The van der Waals surface area contributed by atoms with Gasteiger partial charge in [-0.3, -0.25) is 4.79 Å². The zero-order valence-corrected chi connectivity index (χ0v) is 15.5. The third-order valence-corrected chi connectivity index (χ3v) is 5.01. The van der Waals surface area contributed by atoms with Crippen LogP contribution in [0.5, 0.6) is 0 Å². The average Bonchev–Trinajstić information content (AvgIpc) is 3.00. The van der Waals surface area contributed by atoms with Gasteiger partial charge in [-0.2, -0.15) is 5.10 Å². The highest BCUT2D eigenvalue weighted by Crippen LogP contribution is 2.30. The number of ether oxygens (including phenoxy) is 1. The first-order valence-corrected chi connectivity index (χ1v) is 8.92. The van der Waals surface area contributed by atoms with Crippen molar-refractivity contribution in [3.05, 3.63) is 52.3 Å². The lowest BCUT2D eigenvalue weighted by Gasteiger charge is -2.27. The lowest BCUT2D eigenvalue weighted by atomic mass is 10.1. The van der Waals surface area contributed by atoms with E-state index >= 15 is 0 Å². The quantitative estimate of drug-likeness (QED) is 0.695. The van der Waals surface area contributed by atoms with Gasteiger partial charge in [-0.15, -0.1) is 0 Å². The van der Waals surface area contributed by atoms with Crippen LogP contribution in [0.1, 0.15) is 21.6 Å². The molecule has 7 heteroatoms. The van der Waals surface area contributed by atoms with Crippen molar-refractivity contribution in [1.82, 2.24) is 19.7 Å². The summed E-state index contributed by atoms with van der Waals surface area (Å²) < 4.78 is 7.07. The highest BCUT2D eigenvalue weighted by atomic mass is 35.5. The number of aryl methyl sites for hydroxylation is 2. The van der Waals surface area contributed by atoms with Gasteiger partial charge in [-0.1, -0.05) is 29.3 Å². The van der Waals surface area contributed by atoms with Crippen LogP contribution in [-0.4, -0.2) is 51.9 Å². The number of aromatic nitrogens is 3. The number of hydrogen-bond donors (Lipinski definition) is 0. The van der Waals surface area contributed by atoms with E-state index in [1.54, 1.807) is 15.8 Å². The number of morpholine rings is 1. The van der Waals surface area contributed by atoms with Crippen molar-refractivity contribution >= 4 is 28.5 Å². The van der Waals surface area contributed by atoms with Gasteiger partial charge in [0, 0.05) is 19.3 Å². The first kappa shape index (κ1) is 17.0. The maximum atomic E-state index is 12.8. The molecule has 0 unspecified atom stereocenters. The molecule has 1 aliphatic heterocycles. The van der Waals surface area contributed by atoms with Crippen molar-refractivity contribution in [1.29, 1.82) is 0 Å². The molecule has 1 fully saturated rings. The first-order valence-electron chi connectivity index (χ1n) is 8.54. The van der Waals surface area contributed by atoms with Crippen LogP contribution in [0.25, 0.3) is 16.7 Å². The molecule has 0 N–H and O–H groups in total. The molecule has 26 heavy (non-hydrogen) atoms. The predicted molar refractivity (Wildman–Crippen MR) is 100 cm³/mol. The van der Waals surface area contributed by atoms with E-state index in [0.29, 0.717) is 47.9 Å². The van der Waals surface area contributed by atoms with E-state index in [-0.39, 0.29) is 5.91 Å². The van der Waals surface area contributed by atoms with Crippen LogP contribution in [0, 0.1) is 13.8 Å². The lowest BCUT2D eigenvalue weighted by Crippen LogP contribution is -2.40. The van der Waals surface area contributed by atoms with Gasteiger partial charge in [0.25, 0.3) is 5.91 Å². The second-order valence-electron chi connectivity index (χ2n) is 6.42. The van der Waals surface area contributed by atoms with Gasteiger partial charge in [0.2, 0.25) is 0 Å². The summed E-state index contributed by atoms with van der Waals surface area (Å²) >= 11 is 6.61. The number of fused-ring (bicyclic) bond motifs is 1. The molecule has 0 aliphatic carbocycles. The molecule has 1 aliphatic rings. The average molecular weight is 371 g/mol. The third-order valence-electron chi connectivity index (χ3n) is 4.62. The fraction of sp³-hybridized carbons (Fsp3) is 0.316. The standard InChI is InChI=1S/C19H19ClN4O2/c1-12-3-5-14(6-4-12)24-18-16(13(2)22-24)17(20)15(11-21-18)19(25)23-7-9-26-10-8-23/h3-6,11H,7-10H2,1-2H3. The highest BCUT2D eigenvalue weighted by molar-refractivity contribution is 6.38. The van der Waals surface area contributed by atoms with Crippen LogP contribution in [-0.2, 0) is 4.74 Å². The van der Waals surface area contributed by atoms with Gasteiger partial charge in [-0.25, -0.2) is 9.67 Å². The van der Waals surface area contributed by atoms with Crippen LogP contribution >= 0.6 is 11.6 Å². The second kappa shape index (κ2) is 6.70. The van der Waals surface area contributed by atoms with Crippen LogP contribution in [0.2, 0.25) is 5.02 Å². The lowest BCUT2D eigenvalue weighted by molar-refractivity contribution is 0.0303. The molecule has 1 amide bonds. The van der Waals surface area contributed by atoms with Gasteiger partial charge >= 0.3 is 0 Å². The Bertz CT molecular complexity index is 975. The van der Waals surface area contributed by atoms with E-state index in [2.05, 4.69) is 10.1 Å². The number of halogens is 1. The molecule has 0 bridgehead atoms. The van der Waals surface area contributed by atoms with Crippen molar-refractivity contribution in [3.8, 4) is 5.69 Å². The molecular formula is C19H19ClN4O2. The van der Waals surface area contributed by atoms with Crippen molar-refractivity contribution < 1.29 is 9.53 Å². The molecule has 0 radical (unpaired) electrons. The Balaban J connectivity index is 1.80. The van der Waals surface area contributed by atoms with E-state index in [1.807, 2.05) is 38.1 Å². The van der Waals surface area contributed by atoms with E-state index in [9.17, 15) is 4.79 Å². The molecule has 3 aromatic rings. The molecule has 1 aromatic carbocycles. The maximum absolute atomic E-state index is 12.8. The van der Waals surface area contributed by atoms with Gasteiger partial charge < -0.3 is 9.64 Å². The number of pyridine rings is 1. The third kappa shape index (κ3) is 2.85. The minimum atomic E-state index is -0.116. The Morgan fingerprint density at radius 1 is 1.15 bits per heavy atom. The van der Waals surface area contributed by atoms with Gasteiger partial charge in [-0.05, 0) is 26.0 Å². The Labute approximate surface area is 156 Å².